The average Bonchev–Trinajstić information content (AvgIpc) is 2.93. The molecule has 3 rings (SSSR count). The minimum atomic E-state index is 0.380. The second kappa shape index (κ2) is 5.29. The molecule has 1 heterocycles. The zero-order valence-electron chi connectivity index (χ0n) is 10.8. The van der Waals surface area contributed by atoms with Crippen LogP contribution in [-0.4, -0.2) is 11.5 Å². The number of nitrogens with two attached hydrogens (primary N) is 1. The van der Waals surface area contributed by atoms with Crippen molar-refractivity contribution >= 4 is 10.9 Å². The molecule has 1 aromatic heterocycles. The zero-order valence-corrected chi connectivity index (χ0v) is 10.8. The summed E-state index contributed by atoms with van der Waals surface area (Å²) in [6.07, 6.45) is 2.95. The van der Waals surface area contributed by atoms with Crippen molar-refractivity contribution in [3.8, 4) is 0 Å². The molecule has 0 saturated heterocycles. The Morgan fingerprint density at radius 3 is 2.58 bits per heavy atom. The number of hydrogen-bond acceptors (Lipinski definition) is 1. The largest absolute Gasteiger partial charge is 0.361 e. The zero-order chi connectivity index (χ0) is 13.1. The Morgan fingerprint density at radius 2 is 1.79 bits per heavy atom. The molecule has 0 aliphatic heterocycles. The van der Waals surface area contributed by atoms with E-state index in [4.69, 9.17) is 5.73 Å². The summed E-state index contributed by atoms with van der Waals surface area (Å²) in [5, 5.41) is 1.26. The fraction of sp³-hybridized carbons (Fsp3) is 0.176. The number of hydrogen-bond donors (Lipinski definition) is 2. The van der Waals surface area contributed by atoms with E-state index in [0.717, 1.165) is 6.42 Å². The van der Waals surface area contributed by atoms with Gasteiger partial charge in [0.1, 0.15) is 0 Å². The number of rotatable bonds is 4. The summed E-state index contributed by atoms with van der Waals surface area (Å²) in [5.41, 5.74) is 9.65. The van der Waals surface area contributed by atoms with E-state index in [-0.39, 0.29) is 0 Å². The van der Waals surface area contributed by atoms with Gasteiger partial charge in [0, 0.05) is 17.6 Å². The van der Waals surface area contributed by atoms with Gasteiger partial charge in [-0.25, -0.2) is 0 Å². The summed E-state index contributed by atoms with van der Waals surface area (Å²) < 4.78 is 0. The second-order valence-electron chi connectivity index (χ2n) is 4.86. The number of aromatic nitrogens is 1. The van der Waals surface area contributed by atoms with Crippen LogP contribution in [0.15, 0.2) is 60.8 Å². The van der Waals surface area contributed by atoms with Gasteiger partial charge in [0.05, 0.1) is 0 Å². The first-order valence-corrected chi connectivity index (χ1v) is 6.70. The number of H-pyrrole nitrogens is 1. The molecule has 3 N–H and O–H groups in total. The lowest BCUT2D eigenvalue weighted by Crippen LogP contribution is -2.08. The molecule has 0 unspecified atom stereocenters. The van der Waals surface area contributed by atoms with E-state index in [0.29, 0.717) is 12.5 Å². The van der Waals surface area contributed by atoms with Gasteiger partial charge in [0.25, 0.3) is 0 Å². The van der Waals surface area contributed by atoms with Gasteiger partial charge in [-0.1, -0.05) is 36.4 Å². The Labute approximate surface area is 113 Å². The smallest absolute Gasteiger partial charge is 0.0454 e. The third kappa shape index (κ3) is 2.40. The van der Waals surface area contributed by atoms with Crippen LogP contribution in [-0.2, 0) is 0 Å². The van der Waals surface area contributed by atoms with Crippen LogP contribution in [0.25, 0.3) is 10.9 Å². The van der Waals surface area contributed by atoms with Gasteiger partial charge in [-0.2, -0.15) is 0 Å². The molecule has 96 valence electrons. The summed E-state index contributed by atoms with van der Waals surface area (Å²) in [5.74, 6) is 0.380. The molecule has 0 fully saturated rings. The molecule has 0 aliphatic carbocycles. The van der Waals surface area contributed by atoms with Crippen LogP contribution in [0.2, 0.25) is 0 Å². The SMILES string of the molecule is NCC[C@@H](c1ccccc1)c1ccc2[nH]ccc2c1. The maximum Gasteiger partial charge on any atom is 0.0454 e. The topological polar surface area (TPSA) is 41.8 Å². The molecular weight excluding hydrogens is 232 g/mol. The molecule has 2 nitrogen and oxygen atoms in total. The molecule has 2 aromatic carbocycles. The van der Waals surface area contributed by atoms with E-state index >= 15 is 0 Å². The first-order chi connectivity index (χ1) is 9.38. The van der Waals surface area contributed by atoms with Gasteiger partial charge < -0.3 is 10.7 Å². The number of fused-ring (bicyclic) bond motifs is 1. The highest BCUT2D eigenvalue weighted by molar-refractivity contribution is 5.80. The van der Waals surface area contributed by atoms with Gasteiger partial charge >= 0.3 is 0 Å². The average molecular weight is 250 g/mol. The van der Waals surface area contributed by atoms with Crippen LogP contribution in [0.5, 0.6) is 0 Å². The van der Waals surface area contributed by atoms with E-state index in [2.05, 4.69) is 59.6 Å². The molecule has 0 saturated carbocycles. The third-order valence-corrected chi connectivity index (χ3v) is 3.64. The monoisotopic (exact) mass is 250 g/mol. The Hall–Kier alpha value is -2.06. The summed E-state index contributed by atoms with van der Waals surface area (Å²) in [6.45, 7) is 0.699. The van der Waals surface area contributed by atoms with Crippen molar-refractivity contribution in [1.29, 1.82) is 0 Å². The third-order valence-electron chi connectivity index (χ3n) is 3.64. The van der Waals surface area contributed by atoms with Crippen molar-refractivity contribution in [2.45, 2.75) is 12.3 Å². The van der Waals surface area contributed by atoms with Crippen molar-refractivity contribution in [2.24, 2.45) is 5.73 Å². The standard InChI is InChI=1S/C17H18N2/c18-10-8-16(13-4-2-1-3-5-13)14-6-7-17-15(12-14)9-11-19-17/h1-7,9,11-12,16,19H,8,10,18H2/t16-/m0/s1. The number of benzene rings is 2. The van der Waals surface area contributed by atoms with E-state index < -0.39 is 0 Å². The van der Waals surface area contributed by atoms with Crippen LogP contribution < -0.4 is 5.73 Å². The van der Waals surface area contributed by atoms with Gasteiger partial charge in [-0.05, 0) is 47.7 Å². The van der Waals surface area contributed by atoms with Gasteiger partial charge in [-0.3, -0.25) is 0 Å². The van der Waals surface area contributed by atoms with Crippen LogP contribution in [0.4, 0.5) is 0 Å². The minimum Gasteiger partial charge on any atom is -0.361 e. The van der Waals surface area contributed by atoms with Crippen LogP contribution in [0, 0.1) is 0 Å². The predicted molar refractivity (Wildman–Crippen MR) is 80.3 cm³/mol. The molecule has 0 bridgehead atoms. The van der Waals surface area contributed by atoms with Crippen molar-refractivity contribution in [2.75, 3.05) is 6.54 Å². The highest BCUT2D eigenvalue weighted by Crippen LogP contribution is 2.29. The van der Waals surface area contributed by atoms with Crippen molar-refractivity contribution in [3.63, 3.8) is 0 Å². The van der Waals surface area contributed by atoms with Gasteiger partial charge in [0.2, 0.25) is 0 Å². The first-order valence-electron chi connectivity index (χ1n) is 6.70. The normalized spacial score (nSPS) is 12.7. The molecule has 0 amide bonds. The van der Waals surface area contributed by atoms with Gasteiger partial charge in [0.15, 0.2) is 0 Å². The quantitative estimate of drug-likeness (QED) is 0.729. The Bertz CT molecular complexity index is 655. The van der Waals surface area contributed by atoms with Crippen LogP contribution in [0.1, 0.15) is 23.5 Å². The number of nitrogens with one attached hydrogen (secondary N) is 1. The summed E-state index contributed by atoms with van der Waals surface area (Å²) in [7, 11) is 0. The molecule has 1 atom stereocenters. The van der Waals surface area contributed by atoms with Crippen LogP contribution >= 0.6 is 0 Å². The Morgan fingerprint density at radius 1 is 0.947 bits per heavy atom. The molecule has 0 spiro atoms. The van der Waals surface area contributed by atoms with E-state index in [9.17, 15) is 0 Å². The maximum absolute atomic E-state index is 5.79. The van der Waals surface area contributed by atoms with Crippen molar-refractivity contribution < 1.29 is 0 Å². The van der Waals surface area contributed by atoms with Crippen molar-refractivity contribution in [3.05, 3.63) is 71.9 Å². The minimum absolute atomic E-state index is 0.380. The fourth-order valence-electron chi connectivity index (χ4n) is 2.67. The van der Waals surface area contributed by atoms with Gasteiger partial charge in [-0.15, -0.1) is 0 Å². The van der Waals surface area contributed by atoms with E-state index in [1.54, 1.807) is 0 Å². The second-order valence-corrected chi connectivity index (χ2v) is 4.86. The molecule has 3 aromatic rings. The molecule has 0 radical (unpaired) electrons. The highest BCUT2D eigenvalue weighted by atomic mass is 14.7. The lowest BCUT2D eigenvalue weighted by atomic mass is 9.88. The Kier molecular flexibility index (Phi) is 3.34. The highest BCUT2D eigenvalue weighted by Gasteiger charge is 2.13. The maximum atomic E-state index is 5.79. The number of aromatic amines is 1. The lowest BCUT2D eigenvalue weighted by molar-refractivity contribution is 0.727. The molecule has 2 heteroatoms. The van der Waals surface area contributed by atoms with Crippen molar-refractivity contribution in [1.82, 2.24) is 4.98 Å². The summed E-state index contributed by atoms with van der Waals surface area (Å²) in [4.78, 5) is 3.23. The first kappa shape index (κ1) is 12.0. The summed E-state index contributed by atoms with van der Waals surface area (Å²) in [6, 6.07) is 19.3. The fourth-order valence-corrected chi connectivity index (χ4v) is 2.67. The summed E-state index contributed by atoms with van der Waals surface area (Å²) >= 11 is 0. The molecule has 0 aliphatic rings. The molecule has 19 heavy (non-hydrogen) atoms. The van der Waals surface area contributed by atoms with E-state index in [1.807, 2.05) is 6.20 Å². The molecular formula is C17H18N2. The van der Waals surface area contributed by atoms with Crippen LogP contribution in [0.3, 0.4) is 0 Å². The Balaban J connectivity index is 2.03. The predicted octanol–water partition coefficient (Wildman–Crippen LogP) is 3.65. The van der Waals surface area contributed by atoms with E-state index in [1.165, 1.54) is 22.0 Å². The lowest BCUT2D eigenvalue weighted by Gasteiger charge is -2.17.